The molecule has 2 rings (SSSR count). The van der Waals surface area contributed by atoms with E-state index >= 15 is 0 Å². The third-order valence-electron chi connectivity index (χ3n) is 2.56. The molecule has 1 aliphatic rings. The molecule has 0 spiro atoms. The van der Waals surface area contributed by atoms with Crippen molar-refractivity contribution < 1.29 is 9.53 Å². The van der Waals surface area contributed by atoms with Gasteiger partial charge in [0, 0.05) is 11.8 Å². The van der Waals surface area contributed by atoms with Crippen molar-refractivity contribution in [3.8, 4) is 0 Å². The molecule has 0 aromatic carbocycles. The molecular weight excluding hydrogens is 270 g/mol. The van der Waals surface area contributed by atoms with Gasteiger partial charge in [0.1, 0.15) is 11.6 Å². The fourth-order valence-electron chi connectivity index (χ4n) is 1.54. The van der Waals surface area contributed by atoms with E-state index in [1.807, 2.05) is 6.92 Å². The lowest BCUT2D eigenvalue weighted by Crippen LogP contribution is -2.39. The van der Waals surface area contributed by atoms with Crippen LogP contribution in [0.15, 0.2) is 9.85 Å². The highest BCUT2D eigenvalue weighted by Gasteiger charge is 2.28. The van der Waals surface area contributed by atoms with E-state index in [-0.39, 0.29) is 12.0 Å². The Kier molecular flexibility index (Phi) is 5.40. The smallest absolute Gasteiger partial charge is 0.323 e. The summed E-state index contributed by atoms with van der Waals surface area (Å²) < 4.78 is 6.03. The first-order valence-corrected chi connectivity index (χ1v) is 7.97. The van der Waals surface area contributed by atoms with Gasteiger partial charge in [-0.1, -0.05) is 23.1 Å². The number of rotatable bonds is 8. The molecule has 1 N–H and O–H groups in total. The number of hydrogen-bond acceptors (Lipinski definition) is 7. The van der Waals surface area contributed by atoms with E-state index in [1.54, 1.807) is 17.3 Å². The Bertz CT molecular complexity index is 368. The molecule has 0 saturated heterocycles. The number of esters is 1. The predicted octanol–water partition coefficient (Wildman–Crippen LogP) is 1.70. The topological polar surface area (TPSA) is 64.1 Å². The van der Waals surface area contributed by atoms with Gasteiger partial charge in [0.2, 0.25) is 0 Å². The average molecular weight is 287 g/mol. The van der Waals surface area contributed by atoms with Crippen LogP contribution in [0.5, 0.6) is 0 Å². The van der Waals surface area contributed by atoms with E-state index in [2.05, 4.69) is 15.5 Å². The first-order valence-electron chi connectivity index (χ1n) is 6.11. The van der Waals surface area contributed by atoms with Crippen molar-refractivity contribution in [2.75, 3.05) is 12.4 Å². The zero-order valence-corrected chi connectivity index (χ0v) is 11.9. The quantitative estimate of drug-likeness (QED) is 0.580. The Balaban J connectivity index is 1.74. The van der Waals surface area contributed by atoms with Crippen molar-refractivity contribution in [1.82, 2.24) is 15.5 Å². The molecule has 1 aromatic rings. The van der Waals surface area contributed by atoms with Crippen LogP contribution < -0.4 is 5.32 Å². The highest BCUT2D eigenvalue weighted by atomic mass is 32.2. The summed E-state index contributed by atoms with van der Waals surface area (Å²) in [7, 11) is 0. The summed E-state index contributed by atoms with van der Waals surface area (Å²) in [6.45, 7) is 2.27. The second-order valence-electron chi connectivity index (χ2n) is 4.09. The molecule has 1 fully saturated rings. The maximum Gasteiger partial charge on any atom is 0.323 e. The monoisotopic (exact) mass is 287 g/mol. The molecule has 18 heavy (non-hydrogen) atoms. The minimum Gasteiger partial charge on any atom is -0.465 e. The minimum atomic E-state index is -0.183. The summed E-state index contributed by atoms with van der Waals surface area (Å²) >= 11 is 3.16. The number of thioether (sulfide) groups is 1. The number of carbonyl (C=O) groups excluding carboxylic acids is 1. The first kappa shape index (κ1) is 13.8. The number of carbonyl (C=O) groups is 1. The maximum absolute atomic E-state index is 11.8. The van der Waals surface area contributed by atoms with Crippen LogP contribution in [0.1, 0.15) is 26.2 Å². The van der Waals surface area contributed by atoms with Crippen LogP contribution in [0, 0.1) is 0 Å². The van der Waals surface area contributed by atoms with Crippen LogP contribution in [0.4, 0.5) is 0 Å². The minimum absolute atomic E-state index is 0.137. The highest BCUT2D eigenvalue weighted by molar-refractivity contribution is 8.00. The van der Waals surface area contributed by atoms with Crippen LogP contribution in [0.2, 0.25) is 0 Å². The molecular formula is C11H17N3O2S2. The molecule has 7 heteroatoms. The van der Waals surface area contributed by atoms with Crippen LogP contribution in [-0.2, 0) is 9.53 Å². The highest BCUT2D eigenvalue weighted by Crippen LogP contribution is 2.23. The van der Waals surface area contributed by atoms with Crippen LogP contribution in [0.3, 0.4) is 0 Å². The average Bonchev–Trinajstić information content (AvgIpc) is 3.02. The summed E-state index contributed by atoms with van der Waals surface area (Å²) in [5.41, 5.74) is 1.72. The van der Waals surface area contributed by atoms with Crippen molar-refractivity contribution >= 4 is 29.1 Å². The lowest BCUT2D eigenvalue weighted by molar-refractivity contribution is -0.145. The number of nitrogens with one attached hydrogen (secondary N) is 1. The van der Waals surface area contributed by atoms with E-state index in [0.29, 0.717) is 12.6 Å². The second-order valence-corrected chi connectivity index (χ2v) is 6.26. The van der Waals surface area contributed by atoms with Gasteiger partial charge in [-0.15, -0.1) is 10.2 Å². The standard InChI is InChI=1S/C11H17N3O2S2/c1-2-16-10(15)9(13-8-3-4-8)5-6-17-11-14-12-7-18-11/h7-9,13H,2-6H2,1H3. The van der Waals surface area contributed by atoms with Crippen molar-refractivity contribution in [3.05, 3.63) is 5.51 Å². The van der Waals surface area contributed by atoms with Crippen LogP contribution >= 0.6 is 23.1 Å². The molecule has 5 nitrogen and oxygen atoms in total. The molecule has 0 bridgehead atoms. The third kappa shape index (κ3) is 4.55. The molecule has 0 aliphatic heterocycles. The fourth-order valence-corrected chi connectivity index (χ4v) is 3.10. The van der Waals surface area contributed by atoms with Crippen molar-refractivity contribution in [2.24, 2.45) is 0 Å². The number of hydrogen-bond donors (Lipinski definition) is 1. The van der Waals surface area contributed by atoms with Gasteiger partial charge in [0.05, 0.1) is 6.61 Å². The zero-order chi connectivity index (χ0) is 12.8. The number of aromatic nitrogens is 2. The molecule has 0 radical (unpaired) electrons. The maximum atomic E-state index is 11.8. The molecule has 0 amide bonds. The Morgan fingerprint density at radius 2 is 2.56 bits per heavy atom. The summed E-state index contributed by atoms with van der Waals surface area (Å²) in [6.07, 6.45) is 3.10. The molecule has 1 aromatic heterocycles. The zero-order valence-electron chi connectivity index (χ0n) is 10.3. The van der Waals surface area contributed by atoms with Gasteiger partial charge < -0.3 is 10.1 Å². The van der Waals surface area contributed by atoms with Crippen molar-refractivity contribution in [3.63, 3.8) is 0 Å². The summed E-state index contributed by atoms with van der Waals surface area (Å²) in [6, 6.07) is 0.323. The van der Waals surface area contributed by atoms with Gasteiger partial charge in [0.15, 0.2) is 4.34 Å². The molecule has 1 aliphatic carbocycles. The summed E-state index contributed by atoms with van der Waals surface area (Å²) in [4.78, 5) is 11.8. The second kappa shape index (κ2) is 7.06. The van der Waals surface area contributed by atoms with Gasteiger partial charge in [0.25, 0.3) is 0 Å². The van der Waals surface area contributed by atoms with E-state index in [0.717, 1.165) is 16.5 Å². The summed E-state index contributed by atoms with van der Waals surface area (Å²) in [5, 5.41) is 11.1. The molecule has 1 atom stereocenters. The van der Waals surface area contributed by atoms with E-state index in [1.165, 1.54) is 24.2 Å². The number of ether oxygens (including phenoxy) is 1. The number of nitrogens with zero attached hydrogens (tertiary/aromatic N) is 2. The Morgan fingerprint density at radius 1 is 1.72 bits per heavy atom. The van der Waals surface area contributed by atoms with Crippen molar-refractivity contribution in [1.29, 1.82) is 0 Å². The van der Waals surface area contributed by atoms with E-state index < -0.39 is 0 Å². The lowest BCUT2D eigenvalue weighted by atomic mass is 10.2. The molecule has 100 valence electrons. The van der Waals surface area contributed by atoms with Gasteiger partial charge in [-0.05, 0) is 26.2 Å². The van der Waals surface area contributed by atoms with E-state index in [4.69, 9.17) is 4.74 Å². The van der Waals surface area contributed by atoms with Crippen molar-refractivity contribution in [2.45, 2.75) is 42.6 Å². The van der Waals surface area contributed by atoms with Gasteiger partial charge in [-0.3, -0.25) is 4.79 Å². The molecule has 1 saturated carbocycles. The summed E-state index contributed by atoms with van der Waals surface area (Å²) in [5.74, 6) is 0.709. The predicted molar refractivity (Wildman–Crippen MR) is 71.8 cm³/mol. The normalized spacial score (nSPS) is 16.5. The van der Waals surface area contributed by atoms with Gasteiger partial charge in [-0.25, -0.2) is 0 Å². The Morgan fingerprint density at radius 3 is 3.17 bits per heavy atom. The Labute approximate surface area is 115 Å². The SMILES string of the molecule is CCOC(=O)C(CCSc1nncs1)NC1CC1. The Hall–Kier alpha value is -0.660. The largest absolute Gasteiger partial charge is 0.465 e. The van der Waals surface area contributed by atoms with Gasteiger partial charge >= 0.3 is 5.97 Å². The van der Waals surface area contributed by atoms with Crippen LogP contribution in [0.25, 0.3) is 0 Å². The lowest BCUT2D eigenvalue weighted by Gasteiger charge is -2.16. The van der Waals surface area contributed by atoms with E-state index in [9.17, 15) is 4.79 Å². The van der Waals surface area contributed by atoms with Crippen LogP contribution in [-0.4, -0.2) is 40.6 Å². The molecule has 1 unspecified atom stereocenters. The first-order chi connectivity index (χ1) is 8.79. The fraction of sp³-hybridized carbons (Fsp3) is 0.727. The third-order valence-corrected chi connectivity index (χ3v) is 4.45. The van der Waals surface area contributed by atoms with Gasteiger partial charge in [-0.2, -0.15) is 0 Å². The molecule has 1 heterocycles.